The van der Waals surface area contributed by atoms with Crippen LogP contribution >= 0.6 is 15.9 Å². The number of rotatable bonds is 3. The first-order valence-corrected chi connectivity index (χ1v) is 9.47. The Labute approximate surface area is 135 Å². The molecule has 0 radical (unpaired) electrons. The summed E-state index contributed by atoms with van der Waals surface area (Å²) in [6.45, 7) is 8.40. The molecule has 0 aliphatic carbocycles. The summed E-state index contributed by atoms with van der Waals surface area (Å²) in [7, 11) is -3.49. The number of hydrogen-bond donors (Lipinski definition) is 0. The number of hydrogen-bond acceptors (Lipinski definition) is 3. The van der Waals surface area contributed by atoms with Crippen LogP contribution in [0.2, 0.25) is 0 Å². The van der Waals surface area contributed by atoms with Gasteiger partial charge in [-0.1, -0.05) is 28.1 Å². The zero-order chi connectivity index (χ0) is 15.9. The molecular formula is C15H22BrNO3S. The van der Waals surface area contributed by atoms with E-state index in [1.807, 2.05) is 39.8 Å². The first kappa shape index (κ1) is 16.9. The molecular weight excluding hydrogens is 354 g/mol. The average molecular weight is 376 g/mol. The lowest BCUT2D eigenvalue weighted by Gasteiger charge is -2.46. The van der Waals surface area contributed by atoms with E-state index in [1.165, 1.54) is 4.31 Å². The second-order valence-electron chi connectivity index (χ2n) is 6.67. The van der Waals surface area contributed by atoms with E-state index in [2.05, 4.69) is 15.9 Å². The Morgan fingerprint density at radius 1 is 1.10 bits per heavy atom. The number of nitrogens with zero attached hydrogens (tertiary/aromatic N) is 1. The van der Waals surface area contributed by atoms with Crippen molar-refractivity contribution in [3.8, 4) is 0 Å². The summed E-state index contributed by atoms with van der Waals surface area (Å²) in [5.41, 5.74) is 0.0616. The molecule has 1 fully saturated rings. The van der Waals surface area contributed by atoms with Crippen molar-refractivity contribution in [1.29, 1.82) is 0 Å². The lowest BCUT2D eigenvalue weighted by Crippen LogP contribution is -2.58. The molecule has 0 saturated carbocycles. The van der Waals surface area contributed by atoms with Crippen molar-refractivity contribution in [3.05, 3.63) is 29.8 Å². The lowest BCUT2D eigenvalue weighted by atomic mass is 10.0. The fourth-order valence-electron chi connectivity index (χ4n) is 2.79. The van der Waals surface area contributed by atoms with Gasteiger partial charge in [-0.3, -0.25) is 0 Å². The lowest BCUT2D eigenvalue weighted by molar-refractivity contribution is -0.163. The standard InChI is InChI=1S/C15H22BrNO3S/c1-14(2)10-17(11-15(3,4)20-14)21(18,19)13-7-5-12(9-16)6-8-13/h5-8H,9-11H2,1-4H3. The van der Waals surface area contributed by atoms with Gasteiger partial charge in [0, 0.05) is 18.4 Å². The van der Waals surface area contributed by atoms with Gasteiger partial charge in [-0.05, 0) is 45.4 Å². The molecule has 118 valence electrons. The van der Waals surface area contributed by atoms with Gasteiger partial charge < -0.3 is 4.74 Å². The molecule has 0 bridgehead atoms. The summed E-state index contributed by atoms with van der Waals surface area (Å²) >= 11 is 3.36. The quantitative estimate of drug-likeness (QED) is 0.762. The van der Waals surface area contributed by atoms with E-state index >= 15 is 0 Å². The van der Waals surface area contributed by atoms with Gasteiger partial charge in [0.1, 0.15) is 0 Å². The Morgan fingerprint density at radius 2 is 1.57 bits per heavy atom. The third-order valence-corrected chi connectivity index (χ3v) is 5.84. The second kappa shape index (κ2) is 5.65. The molecule has 0 unspecified atom stereocenters. The molecule has 1 heterocycles. The van der Waals surface area contributed by atoms with Crippen LogP contribution in [0.5, 0.6) is 0 Å². The van der Waals surface area contributed by atoms with Crippen LogP contribution in [0, 0.1) is 0 Å². The minimum absolute atomic E-state index is 0.334. The van der Waals surface area contributed by atoms with Crippen molar-refractivity contribution in [2.75, 3.05) is 13.1 Å². The number of morpholine rings is 1. The van der Waals surface area contributed by atoms with Crippen molar-refractivity contribution in [1.82, 2.24) is 4.31 Å². The Balaban J connectivity index is 2.33. The summed E-state index contributed by atoms with van der Waals surface area (Å²) in [6, 6.07) is 7.00. The first-order valence-electron chi connectivity index (χ1n) is 6.91. The van der Waals surface area contributed by atoms with E-state index in [4.69, 9.17) is 4.74 Å². The smallest absolute Gasteiger partial charge is 0.243 e. The van der Waals surface area contributed by atoms with Gasteiger partial charge in [-0.2, -0.15) is 4.31 Å². The Kier molecular flexibility index (Phi) is 4.55. The maximum Gasteiger partial charge on any atom is 0.243 e. The average Bonchev–Trinajstić information content (AvgIpc) is 2.35. The highest BCUT2D eigenvalue weighted by Crippen LogP contribution is 2.31. The molecule has 1 aromatic carbocycles. The highest BCUT2D eigenvalue weighted by Gasteiger charge is 2.43. The van der Waals surface area contributed by atoms with E-state index in [-0.39, 0.29) is 0 Å². The van der Waals surface area contributed by atoms with E-state index in [0.29, 0.717) is 23.3 Å². The van der Waals surface area contributed by atoms with Gasteiger partial charge >= 0.3 is 0 Å². The molecule has 4 nitrogen and oxygen atoms in total. The van der Waals surface area contributed by atoms with Gasteiger partial charge in [0.25, 0.3) is 0 Å². The van der Waals surface area contributed by atoms with Crippen molar-refractivity contribution >= 4 is 26.0 Å². The third kappa shape index (κ3) is 3.86. The van der Waals surface area contributed by atoms with Gasteiger partial charge in [0.15, 0.2) is 0 Å². The van der Waals surface area contributed by atoms with E-state index in [9.17, 15) is 8.42 Å². The molecule has 0 spiro atoms. The van der Waals surface area contributed by atoms with Crippen LogP contribution in [0.4, 0.5) is 0 Å². The summed E-state index contributed by atoms with van der Waals surface area (Å²) in [4.78, 5) is 0.334. The highest BCUT2D eigenvalue weighted by atomic mass is 79.9. The summed E-state index contributed by atoms with van der Waals surface area (Å²) < 4.78 is 33.1. The fraction of sp³-hybridized carbons (Fsp3) is 0.600. The Hall–Kier alpha value is -0.430. The van der Waals surface area contributed by atoms with E-state index in [1.54, 1.807) is 12.1 Å². The Bertz CT molecular complexity index is 592. The monoisotopic (exact) mass is 375 g/mol. The number of ether oxygens (including phenoxy) is 1. The van der Waals surface area contributed by atoms with E-state index in [0.717, 1.165) is 5.56 Å². The molecule has 1 aliphatic rings. The molecule has 1 aliphatic heterocycles. The second-order valence-corrected chi connectivity index (χ2v) is 9.17. The van der Waals surface area contributed by atoms with Crippen LogP contribution in [0.1, 0.15) is 33.3 Å². The van der Waals surface area contributed by atoms with E-state index < -0.39 is 21.2 Å². The third-order valence-electron chi connectivity index (χ3n) is 3.38. The molecule has 0 amide bonds. The number of halogens is 1. The summed E-state index contributed by atoms with van der Waals surface area (Å²) in [5, 5.41) is 0.713. The van der Waals surface area contributed by atoms with Crippen molar-refractivity contribution in [3.63, 3.8) is 0 Å². The van der Waals surface area contributed by atoms with Crippen LogP contribution in [-0.2, 0) is 20.1 Å². The van der Waals surface area contributed by atoms with Crippen LogP contribution in [0.15, 0.2) is 29.2 Å². The SMILES string of the molecule is CC1(C)CN(S(=O)(=O)c2ccc(CBr)cc2)CC(C)(C)O1. The maximum atomic E-state index is 12.8. The first-order chi connectivity index (χ1) is 9.56. The minimum atomic E-state index is -3.49. The van der Waals surface area contributed by atoms with Gasteiger partial charge in [-0.15, -0.1) is 0 Å². The zero-order valence-electron chi connectivity index (χ0n) is 12.9. The molecule has 0 N–H and O–H groups in total. The molecule has 1 aromatic rings. The molecule has 6 heteroatoms. The summed E-state index contributed by atoms with van der Waals surface area (Å²) in [5.74, 6) is 0. The van der Waals surface area contributed by atoms with Crippen molar-refractivity contribution in [2.24, 2.45) is 0 Å². The fourth-order valence-corrected chi connectivity index (χ4v) is 4.90. The molecule has 2 rings (SSSR count). The Morgan fingerprint density at radius 3 is 2.00 bits per heavy atom. The van der Waals surface area contributed by atoms with Crippen LogP contribution < -0.4 is 0 Å². The molecule has 1 saturated heterocycles. The molecule has 0 aromatic heterocycles. The zero-order valence-corrected chi connectivity index (χ0v) is 15.3. The van der Waals surface area contributed by atoms with Crippen LogP contribution in [0.25, 0.3) is 0 Å². The number of alkyl halides is 1. The van der Waals surface area contributed by atoms with Crippen LogP contribution in [-0.4, -0.2) is 37.0 Å². The minimum Gasteiger partial charge on any atom is -0.367 e. The topological polar surface area (TPSA) is 46.6 Å². The predicted octanol–water partition coefficient (Wildman–Crippen LogP) is 3.16. The summed E-state index contributed by atoms with van der Waals surface area (Å²) in [6.07, 6.45) is 0. The molecule has 21 heavy (non-hydrogen) atoms. The van der Waals surface area contributed by atoms with Crippen molar-refractivity contribution < 1.29 is 13.2 Å². The van der Waals surface area contributed by atoms with Gasteiger partial charge in [0.2, 0.25) is 10.0 Å². The molecule has 0 atom stereocenters. The van der Waals surface area contributed by atoms with Crippen LogP contribution in [0.3, 0.4) is 0 Å². The van der Waals surface area contributed by atoms with Gasteiger partial charge in [0.05, 0.1) is 16.1 Å². The maximum absolute atomic E-state index is 12.8. The predicted molar refractivity (Wildman–Crippen MR) is 87.1 cm³/mol. The number of sulfonamides is 1. The normalized spacial score (nSPS) is 22.1. The van der Waals surface area contributed by atoms with Crippen molar-refractivity contribution in [2.45, 2.75) is 49.1 Å². The largest absolute Gasteiger partial charge is 0.367 e. The number of benzene rings is 1. The highest BCUT2D eigenvalue weighted by molar-refractivity contribution is 9.08. The van der Waals surface area contributed by atoms with Gasteiger partial charge in [-0.25, -0.2) is 8.42 Å².